The van der Waals surface area contributed by atoms with E-state index in [0.29, 0.717) is 10.8 Å². The summed E-state index contributed by atoms with van der Waals surface area (Å²) in [5.74, 6) is 1.31. The zero-order valence-electron chi connectivity index (χ0n) is 12.6. The minimum Gasteiger partial charge on any atom is -0.380 e. The van der Waals surface area contributed by atoms with Crippen molar-refractivity contribution in [3.05, 3.63) is 35.0 Å². The van der Waals surface area contributed by atoms with E-state index >= 15 is 0 Å². The highest BCUT2D eigenvalue weighted by Gasteiger charge is 2.15. The maximum atomic E-state index is 6.05. The molecule has 1 heterocycles. The third-order valence-corrected chi connectivity index (χ3v) is 3.89. The molecule has 0 bridgehead atoms. The first-order valence-electron chi connectivity index (χ1n) is 7.72. The second-order valence-electron chi connectivity index (χ2n) is 5.39. The SMILES string of the molecule is CCCCCCCCc1onc(N)c1-c1cccc(Cl)c1. The summed E-state index contributed by atoms with van der Waals surface area (Å²) in [5.41, 5.74) is 7.81. The normalized spacial score (nSPS) is 11.0. The lowest BCUT2D eigenvalue weighted by molar-refractivity contribution is 0.381. The van der Waals surface area contributed by atoms with Crippen LogP contribution in [0.15, 0.2) is 28.8 Å². The molecule has 0 aliphatic rings. The van der Waals surface area contributed by atoms with Gasteiger partial charge in [0.2, 0.25) is 0 Å². The van der Waals surface area contributed by atoms with Gasteiger partial charge in [-0.15, -0.1) is 0 Å². The Morgan fingerprint density at radius 3 is 2.67 bits per heavy atom. The average Bonchev–Trinajstić information content (AvgIpc) is 2.84. The van der Waals surface area contributed by atoms with Gasteiger partial charge in [-0.25, -0.2) is 0 Å². The predicted molar refractivity (Wildman–Crippen MR) is 88.4 cm³/mol. The molecular formula is C17H23ClN2O. The smallest absolute Gasteiger partial charge is 0.175 e. The molecule has 2 rings (SSSR count). The molecule has 21 heavy (non-hydrogen) atoms. The number of nitrogens with two attached hydrogens (primary N) is 1. The molecule has 0 unspecified atom stereocenters. The number of nitrogen functional groups attached to an aromatic ring is 1. The number of aryl methyl sites for hydroxylation is 1. The number of anilines is 1. The van der Waals surface area contributed by atoms with Gasteiger partial charge in [0.15, 0.2) is 5.82 Å². The van der Waals surface area contributed by atoms with E-state index in [0.717, 1.165) is 29.7 Å². The molecule has 4 heteroatoms. The van der Waals surface area contributed by atoms with E-state index in [2.05, 4.69) is 12.1 Å². The summed E-state index contributed by atoms with van der Waals surface area (Å²) in [6.07, 6.45) is 8.39. The van der Waals surface area contributed by atoms with Gasteiger partial charge < -0.3 is 10.3 Å². The zero-order chi connectivity index (χ0) is 15.1. The Morgan fingerprint density at radius 2 is 1.90 bits per heavy atom. The fourth-order valence-electron chi connectivity index (χ4n) is 2.53. The van der Waals surface area contributed by atoms with E-state index in [4.69, 9.17) is 21.9 Å². The van der Waals surface area contributed by atoms with E-state index in [1.807, 2.05) is 24.3 Å². The van der Waals surface area contributed by atoms with Crippen LogP contribution in [0.3, 0.4) is 0 Å². The number of benzene rings is 1. The standard InChI is InChI=1S/C17H23ClN2O/c1-2-3-4-5-6-7-11-15-16(17(19)20-21-15)13-9-8-10-14(18)12-13/h8-10,12H,2-7,11H2,1H3,(H2,19,20). The van der Waals surface area contributed by atoms with Crippen LogP contribution < -0.4 is 5.73 Å². The molecule has 0 saturated heterocycles. The first-order chi connectivity index (χ1) is 10.2. The van der Waals surface area contributed by atoms with Crippen molar-refractivity contribution < 1.29 is 4.52 Å². The van der Waals surface area contributed by atoms with Crippen molar-refractivity contribution in [1.82, 2.24) is 5.16 Å². The molecule has 0 atom stereocenters. The van der Waals surface area contributed by atoms with E-state index in [9.17, 15) is 0 Å². The summed E-state index contributed by atoms with van der Waals surface area (Å²) in [7, 11) is 0. The summed E-state index contributed by atoms with van der Waals surface area (Å²) in [6.45, 7) is 2.23. The summed E-state index contributed by atoms with van der Waals surface area (Å²) in [6, 6.07) is 7.65. The van der Waals surface area contributed by atoms with Crippen LogP contribution in [0.25, 0.3) is 11.1 Å². The molecule has 1 aromatic carbocycles. The van der Waals surface area contributed by atoms with Crippen molar-refractivity contribution >= 4 is 17.4 Å². The average molecular weight is 307 g/mol. The van der Waals surface area contributed by atoms with Gasteiger partial charge in [0, 0.05) is 11.4 Å². The highest BCUT2D eigenvalue weighted by Crippen LogP contribution is 2.32. The second kappa shape index (κ2) is 8.08. The fraction of sp³-hybridized carbons (Fsp3) is 0.471. The minimum atomic E-state index is 0.443. The molecule has 0 fully saturated rings. The van der Waals surface area contributed by atoms with Gasteiger partial charge in [-0.2, -0.15) is 0 Å². The molecule has 0 saturated carbocycles. The quantitative estimate of drug-likeness (QED) is 0.657. The van der Waals surface area contributed by atoms with Gasteiger partial charge in [0.1, 0.15) is 5.76 Å². The number of rotatable bonds is 8. The van der Waals surface area contributed by atoms with Gasteiger partial charge in [0.25, 0.3) is 0 Å². The molecule has 2 N–H and O–H groups in total. The van der Waals surface area contributed by atoms with Crippen molar-refractivity contribution in [3.63, 3.8) is 0 Å². The molecule has 0 spiro atoms. The Bertz CT molecular complexity index is 566. The summed E-state index contributed by atoms with van der Waals surface area (Å²) in [5, 5.41) is 4.60. The fourth-order valence-corrected chi connectivity index (χ4v) is 2.72. The van der Waals surface area contributed by atoms with E-state index in [1.54, 1.807) is 0 Å². The minimum absolute atomic E-state index is 0.443. The molecule has 2 aromatic rings. The molecule has 3 nitrogen and oxygen atoms in total. The Morgan fingerprint density at radius 1 is 1.14 bits per heavy atom. The molecule has 114 valence electrons. The molecule has 0 radical (unpaired) electrons. The van der Waals surface area contributed by atoms with E-state index < -0.39 is 0 Å². The summed E-state index contributed by atoms with van der Waals surface area (Å²) in [4.78, 5) is 0. The first kappa shape index (κ1) is 15.9. The maximum absolute atomic E-state index is 6.05. The third kappa shape index (κ3) is 4.50. The molecule has 0 aliphatic carbocycles. The number of hydrogen-bond acceptors (Lipinski definition) is 3. The van der Waals surface area contributed by atoms with Crippen molar-refractivity contribution in [2.45, 2.75) is 51.9 Å². The highest BCUT2D eigenvalue weighted by atomic mass is 35.5. The molecule has 0 aliphatic heterocycles. The largest absolute Gasteiger partial charge is 0.380 e. The number of aromatic nitrogens is 1. The van der Waals surface area contributed by atoms with Crippen LogP contribution in [-0.4, -0.2) is 5.16 Å². The predicted octanol–water partition coefficient (Wildman–Crippen LogP) is 5.48. The highest BCUT2D eigenvalue weighted by molar-refractivity contribution is 6.30. The van der Waals surface area contributed by atoms with Crippen molar-refractivity contribution in [2.24, 2.45) is 0 Å². The number of nitrogens with zero attached hydrogens (tertiary/aromatic N) is 1. The topological polar surface area (TPSA) is 52.0 Å². The molecule has 1 aromatic heterocycles. The maximum Gasteiger partial charge on any atom is 0.175 e. The summed E-state index contributed by atoms with van der Waals surface area (Å²) < 4.78 is 5.40. The lowest BCUT2D eigenvalue weighted by Gasteiger charge is -2.03. The van der Waals surface area contributed by atoms with Crippen molar-refractivity contribution in [2.75, 3.05) is 5.73 Å². The number of hydrogen-bond donors (Lipinski definition) is 1. The van der Waals surface area contributed by atoms with Gasteiger partial charge in [0.05, 0.1) is 5.56 Å². The third-order valence-electron chi connectivity index (χ3n) is 3.66. The zero-order valence-corrected chi connectivity index (χ0v) is 13.3. The van der Waals surface area contributed by atoms with Crippen LogP contribution in [0.2, 0.25) is 5.02 Å². The Labute approximate surface area is 131 Å². The van der Waals surface area contributed by atoms with Gasteiger partial charge >= 0.3 is 0 Å². The summed E-state index contributed by atoms with van der Waals surface area (Å²) >= 11 is 6.05. The number of unbranched alkanes of at least 4 members (excludes halogenated alkanes) is 5. The van der Waals surface area contributed by atoms with Gasteiger partial charge in [-0.05, 0) is 24.1 Å². The lowest BCUT2D eigenvalue weighted by atomic mass is 10.0. The Balaban J connectivity index is 1.98. The van der Waals surface area contributed by atoms with Crippen LogP contribution in [0, 0.1) is 0 Å². The van der Waals surface area contributed by atoms with Crippen LogP contribution in [0.5, 0.6) is 0 Å². The van der Waals surface area contributed by atoms with Gasteiger partial charge in [-0.1, -0.05) is 67.9 Å². The van der Waals surface area contributed by atoms with Crippen molar-refractivity contribution in [1.29, 1.82) is 0 Å². The number of halogens is 1. The van der Waals surface area contributed by atoms with E-state index in [-0.39, 0.29) is 0 Å². The van der Waals surface area contributed by atoms with Crippen LogP contribution in [-0.2, 0) is 6.42 Å². The van der Waals surface area contributed by atoms with E-state index in [1.165, 1.54) is 32.1 Å². The van der Waals surface area contributed by atoms with Crippen LogP contribution >= 0.6 is 11.6 Å². The van der Waals surface area contributed by atoms with Crippen LogP contribution in [0.1, 0.15) is 51.2 Å². The lowest BCUT2D eigenvalue weighted by Crippen LogP contribution is -1.91. The Kier molecular flexibility index (Phi) is 6.12. The van der Waals surface area contributed by atoms with Gasteiger partial charge in [-0.3, -0.25) is 0 Å². The van der Waals surface area contributed by atoms with Crippen molar-refractivity contribution in [3.8, 4) is 11.1 Å². The first-order valence-corrected chi connectivity index (χ1v) is 8.10. The Hall–Kier alpha value is -1.48. The molecule has 0 amide bonds. The monoisotopic (exact) mass is 306 g/mol. The van der Waals surface area contributed by atoms with Crippen LogP contribution in [0.4, 0.5) is 5.82 Å². The second-order valence-corrected chi connectivity index (χ2v) is 5.83. The molecular weight excluding hydrogens is 284 g/mol.